The summed E-state index contributed by atoms with van der Waals surface area (Å²) < 4.78 is 0. The summed E-state index contributed by atoms with van der Waals surface area (Å²) >= 11 is 0. The van der Waals surface area contributed by atoms with Gasteiger partial charge in [-0.15, -0.1) is 0 Å². The van der Waals surface area contributed by atoms with Gasteiger partial charge >= 0.3 is 0 Å². The monoisotopic (exact) mass is 271 g/mol. The Morgan fingerprint density at radius 3 is 2.20 bits per heavy atom. The zero-order valence-electron chi connectivity index (χ0n) is 12.4. The van der Waals surface area contributed by atoms with E-state index in [0.29, 0.717) is 17.3 Å². The molecule has 5 nitrogen and oxygen atoms in total. The second-order valence-electron chi connectivity index (χ2n) is 5.85. The number of nitrogens with one attached hydrogen (secondary N) is 2. The van der Waals surface area contributed by atoms with Crippen molar-refractivity contribution in [2.45, 2.75) is 33.2 Å². The van der Waals surface area contributed by atoms with Crippen molar-refractivity contribution >= 4 is 23.0 Å². The standard InChI is InChI=1S/C15H21N5/c1-10-5-7-11(8-6-10)19-13-12(16)14(18-9-17-13)20-15(2,3)4/h5-9H,16H2,1-4H3,(H2,17,18,19,20). The van der Waals surface area contributed by atoms with Gasteiger partial charge in [0.15, 0.2) is 11.6 Å². The second-order valence-corrected chi connectivity index (χ2v) is 5.85. The van der Waals surface area contributed by atoms with Crippen molar-refractivity contribution in [3.63, 3.8) is 0 Å². The Morgan fingerprint density at radius 1 is 1.00 bits per heavy atom. The predicted octanol–water partition coefficient (Wildman–Crippen LogP) is 3.32. The fraction of sp³-hybridized carbons (Fsp3) is 0.333. The van der Waals surface area contributed by atoms with Crippen molar-refractivity contribution in [1.82, 2.24) is 9.97 Å². The molecule has 2 rings (SSSR count). The average molecular weight is 271 g/mol. The van der Waals surface area contributed by atoms with Crippen LogP contribution in [0, 0.1) is 6.92 Å². The Kier molecular flexibility index (Phi) is 3.79. The first-order chi connectivity index (χ1) is 9.35. The molecule has 0 spiro atoms. The largest absolute Gasteiger partial charge is 0.393 e. The molecule has 0 saturated heterocycles. The third-order valence-electron chi connectivity index (χ3n) is 2.69. The van der Waals surface area contributed by atoms with E-state index in [9.17, 15) is 0 Å². The van der Waals surface area contributed by atoms with Gasteiger partial charge in [0.2, 0.25) is 0 Å². The molecular formula is C15H21N5. The Hall–Kier alpha value is -2.30. The van der Waals surface area contributed by atoms with Gasteiger partial charge < -0.3 is 16.4 Å². The zero-order chi connectivity index (χ0) is 14.8. The van der Waals surface area contributed by atoms with Crippen molar-refractivity contribution in [2.24, 2.45) is 0 Å². The number of nitrogens with zero attached hydrogens (tertiary/aromatic N) is 2. The highest BCUT2D eigenvalue weighted by molar-refractivity contribution is 5.77. The SMILES string of the molecule is Cc1ccc(Nc2ncnc(NC(C)(C)C)c2N)cc1. The summed E-state index contributed by atoms with van der Waals surface area (Å²) in [5.41, 5.74) is 8.68. The first-order valence-electron chi connectivity index (χ1n) is 6.57. The minimum Gasteiger partial charge on any atom is -0.393 e. The summed E-state index contributed by atoms with van der Waals surface area (Å²) in [4.78, 5) is 8.39. The molecule has 4 N–H and O–H groups in total. The minimum absolute atomic E-state index is 0.108. The van der Waals surface area contributed by atoms with E-state index in [0.717, 1.165) is 5.69 Å². The number of nitrogen functional groups attached to an aromatic ring is 1. The van der Waals surface area contributed by atoms with Gasteiger partial charge in [-0.2, -0.15) is 0 Å². The summed E-state index contributed by atoms with van der Waals surface area (Å²) in [6.45, 7) is 8.22. The highest BCUT2D eigenvalue weighted by Gasteiger charge is 2.15. The molecule has 0 fully saturated rings. The number of aryl methyl sites for hydroxylation is 1. The maximum atomic E-state index is 6.12. The van der Waals surface area contributed by atoms with E-state index < -0.39 is 0 Å². The van der Waals surface area contributed by atoms with Crippen LogP contribution in [0.4, 0.5) is 23.0 Å². The van der Waals surface area contributed by atoms with Gasteiger partial charge in [0.1, 0.15) is 12.0 Å². The number of rotatable bonds is 3. The van der Waals surface area contributed by atoms with Crippen molar-refractivity contribution in [3.05, 3.63) is 36.2 Å². The van der Waals surface area contributed by atoms with E-state index in [1.807, 2.05) is 31.2 Å². The van der Waals surface area contributed by atoms with Crippen molar-refractivity contribution in [1.29, 1.82) is 0 Å². The summed E-state index contributed by atoms with van der Waals surface area (Å²) in [6, 6.07) is 8.06. The summed E-state index contributed by atoms with van der Waals surface area (Å²) in [6.07, 6.45) is 1.50. The molecular weight excluding hydrogens is 250 g/mol. The van der Waals surface area contributed by atoms with Crippen molar-refractivity contribution in [3.8, 4) is 0 Å². The van der Waals surface area contributed by atoms with Crippen LogP contribution >= 0.6 is 0 Å². The molecule has 5 heteroatoms. The Labute approximate surface area is 119 Å². The molecule has 20 heavy (non-hydrogen) atoms. The molecule has 2 aromatic rings. The molecule has 0 aliphatic carbocycles. The quantitative estimate of drug-likeness (QED) is 0.798. The van der Waals surface area contributed by atoms with E-state index in [2.05, 4.69) is 41.4 Å². The second kappa shape index (κ2) is 5.36. The minimum atomic E-state index is -0.108. The molecule has 106 valence electrons. The molecule has 0 radical (unpaired) electrons. The number of nitrogens with two attached hydrogens (primary N) is 1. The maximum absolute atomic E-state index is 6.12. The van der Waals surface area contributed by atoms with E-state index in [1.165, 1.54) is 11.9 Å². The molecule has 0 aliphatic rings. The Morgan fingerprint density at radius 2 is 1.60 bits per heavy atom. The number of anilines is 4. The molecule has 1 aromatic carbocycles. The van der Waals surface area contributed by atoms with Gasteiger partial charge in [0.25, 0.3) is 0 Å². The zero-order valence-corrected chi connectivity index (χ0v) is 12.4. The number of aromatic nitrogens is 2. The van der Waals surface area contributed by atoms with E-state index in [-0.39, 0.29) is 5.54 Å². The number of benzene rings is 1. The van der Waals surface area contributed by atoms with Crippen LogP contribution in [-0.4, -0.2) is 15.5 Å². The first-order valence-corrected chi connectivity index (χ1v) is 6.57. The predicted molar refractivity (Wildman–Crippen MR) is 84.3 cm³/mol. The van der Waals surface area contributed by atoms with E-state index in [4.69, 9.17) is 5.73 Å². The van der Waals surface area contributed by atoms with Crippen LogP contribution in [0.15, 0.2) is 30.6 Å². The van der Waals surface area contributed by atoms with Crippen molar-refractivity contribution < 1.29 is 0 Å². The van der Waals surface area contributed by atoms with Gasteiger partial charge in [0.05, 0.1) is 0 Å². The van der Waals surface area contributed by atoms with Crippen LogP contribution in [0.3, 0.4) is 0 Å². The first kappa shape index (κ1) is 14.1. The summed E-state index contributed by atoms with van der Waals surface area (Å²) in [7, 11) is 0. The normalized spacial score (nSPS) is 11.2. The molecule has 1 heterocycles. The fourth-order valence-corrected chi connectivity index (χ4v) is 1.72. The van der Waals surface area contributed by atoms with Crippen LogP contribution in [0.25, 0.3) is 0 Å². The molecule has 0 unspecified atom stereocenters. The molecule has 1 aromatic heterocycles. The van der Waals surface area contributed by atoms with E-state index >= 15 is 0 Å². The Balaban J connectivity index is 2.24. The van der Waals surface area contributed by atoms with E-state index in [1.54, 1.807) is 0 Å². The smallest absolute Gasteiger partial charge is 0.159 e. The maximum Gasteiger partial charge on any atom is 0.159 e. The average Bonchev–Trinajstić information content (AvgIpc) is 2.35. The molecule has 0 amide bonds. The molecule has 0 bridgehead atoms. The number of hydrogen-bond donors (Lipinski definition) is 3. The Bertz CT molecular complexity index is 584. The van der Waals surface area contributed by atoms with Gasteiger partial charge in [-0.05, 0) is 39.8 Å². The van der Waals surface area contributed by atoms with Crippen LogP contribution in [0.5, 0.6) is 0 Å². The third-order valence-corrected chi connectivity index (χ3v) is 2.69. The summed E-state index contributed by atoms with van der Waals surface area (Å²) in [5.74, 6) is 1.25. The lowest BCUT2D eigenvalue weighted by Crippen LogP contribution is -2.27. The van der Waals surface area contributed by atoms with Gasteiger partial charge in [0, 0.05) is 11.2 Å². The van der Waals surface area contributed by atoms with Crippen LogP contribution in [0.1, 0.15) is 26.3 Å². The lowest BCUT2D eigenvalue weighted by atomic mass is 10.1. The fourth-order valence-electron chi connectivity index (χ4n) is 1.72. The lowest BCUT2D eigenvalue weighted by Gasteiger charge is -2.22. The van der Waals surface area contributed by atoms with Gasteiger partial charge in [-0.1, -0.05) is 17.7 Å². The van der Waals surface area contributed by atoms with Gasteiger partial charge in [-0.3, -0.25) is 0 Å². The molecule has 0 saturated carbocycles. The number of hydrogen-bond acceptors (Lipinski definition) is 5. The molecule has 0 atom stereocenters. The van der Waals surface area contributed by atoms with Crippen molar-refractivity contribution in [2.75, 3.05) is 16.4 Å². The topological polar surface area (TPSA) is 75.9 Å². The molecule has 0 aliphatic heterocycles. The highest BCUT2D eigenvalue weighted by atomic mass is 15.1. The highest BCUT2D eigenvalue weighted by Crippen LogP contribution is 2.27. The lowest BCUT2D eigenvalue weighted by molar-refractivity contribution is 0.630. The summed E-state index contributed by atoms with van der Waals surface area (Å²) in [5, 5.41) is 6.48. The van der Waals surface area contributed by atoms with Crippen LogP contribution in [-0.2, 0) is 0 Å². The third kappa shape index (κ3) is 3.60. The van der Waals surface area contributed by atoms with Crippen LogP contribution in [0.2, 0.25) is 0 Å². The van der Waals surface area contributed by atoms with Gasteiger partial charge in [-0.25, -0.2) is 9.97 Å². The van der Waals surface area contributed by atoms with Crippen LogP contribution < -0.4 is 16.4 Å².